The smallest absolute Gasteiger partial charge is 0.292 e. The number of hydrogen-bond acceptors (Lipinski definition) is 4. The van der Waals surface area contributed by atoms with E-state index < -0.39 is 11.7 Å². The van der Waals surface area contributed by atoms with Crippen molar-refractivity contribution in [2.24, 2.45) is 0 Å². The molecule has 3 aromatic heterocycles. The van der Waals surface area contributed by atoms with E-state index in [0.29, 0.717) is 12.3 Å². The molecule has 0 unspecified atom stereocenters. The van der Waals surface area contributed by atoms with Crippen LogP contribution in [-0.4, -0.2) is 25.5 Å². The second-order valence-corrected chi connectivity index (χ2v) is 7.84. The Labute approximate surface area is 187 Å². The van der Waals surface area contributed by atoms with Crippen LogP contribution >= 0.6 is 23.2 Å². The molecular formula is C21H18Cl2FN5O2. The zero-order valence-corrected chi connectivity index (χ0v) is 18.2. The normalized spacial score (nSPS) is 11.1. The van der Waals surface area contributed by atoms with Crippen molar-refractivity contribution in [3.8, 4) is 0 Å². The minimum absolute atomic E-state index is 0.0641. The van der Waals surface area contributed by atoms with Crippen molar-refractivity contribution in [2.75, 3.05) is 5.32 Å². The van der Waals surface area contributed by atoms with Gasteiger partial charge in [-0.3, -0.25) is 14.2 Å². The lowest BCUT2D eigenvalue weighted by Crippen LogP contribution is -2.12. The van der Waals surface area contributed by atoms with Gasteiger partial charge in [-0.15, -0.1) is 0 Å². The summed E-state index contributed by atoms with van der Waals surface area (Å²) >= 11 is 12.2. The van der Waals surface area contributed by atoms with Gasteiger partial charge in [-0.25, -0.2) is 4.39 Å². The first kappa shape index (κ1) is 21.1. The van der Waals surface area contributed by atoms with Crippen molar-refractivity contribution in [1.82, 2.24) is 19.6 Å². The van der Waals surface area contributed by atoms with Crippen LogP contribution in [-0.2, 0) is 13.1 Å². The fourth-order valence-corrected chi connectivity index (χ4v) is 3.57. The molecule has 1 aromatic carbocycles. The van der Waals surface area contributed by atoms with E-state index in [9.17, 15) is 9.18 Å². The second-order valence-electron chi connectivity index (χ2n) is 7.03. The third-order valence-electron chi connectivity index (χ3n) is 4.63. The molecule has 0 saturated heterocycles. The average Bonchev–Trinajstić information content (AvgIpc) is 3.39. The molecule has 10 heteroatoms. The monoisotopic (exact) mass is 461 g/mol. The highest BCUT2D eigenvalue weighted by atomic mass is 35.5. The number of halogens is 3. The van der Waals surface area contributed by atoms with E-state index in [1.807, 2.05) is 19.9 Å². The van der Waals surface area contributed by atoms with Crippen LogP contribution in [0.1, 0.15) is 33.3 Å². The van der Waals surface area contributed by atoms with Crippen molar-refractivity contribution in [3.63, 3.8) is 0 Å². The van der Waals surface area contributed by atoms with Gasteiger partial charge in [0.1, 0.15) is 16.6 Å². The Hall–Kier alpha value is -3.10. The summed E-state index contributed by atoms with van der Waals surface area (Å²) in [5.74, 6) is -0.122. The Morgan fingerprint density at radius 2 is 1.94 bits per heavy atom. The molecule has 0 saturated carbocycles. The number of furan rings is 1. The molecular weight excluding hydrogens is 444 g/mol. The van der Waals surface area contributed by atoms with Crippen LogP contribution < -0.4 is 5.32 Å². The Balaban J connectivity index is 1.46. The van der Waals surface area contributed by atoms with Gasteiger partial charge < -0.3 is 9.73 Å². The zero-order valence-electron chi connectivity index (χ0n) is 16.7. The Bertz CT molecular complexity index is 1240. The SMILES string of the molecule is Cc1cc(C)n(Cc2ccc(C(=O)Nc3nn(Cc4c(F)cccc4Cl)cc3Cl)o2)n1. The summed E-state index contributed by atoms with van der Waals surface area (Å²) in [7, 11) is 0. The standard InChI is InChI=1S/C21H18Cl2FN5O2/c1-12-8-13(2)29(26-12)9-14-6-7-19(31-14)21(30)25-20-17(23)11-28(27-20)10-15-16(22)4-3-5-18(15)24/h3-8,11H,9-10H2,1-2H3,(H,25,27,30). The van der Waals surface area contributed by atoms with Crippen LogP contribution in [0.25, 0.3) is 0 Å². The average molecular weight is 462 g/mol. The van der Waals surface area contributed by atoms with Gasteiger partial charge in [0.15, 0.2) is 11.6 Å². The molecule has 0 atom stereocenters. The first-order chi connectivity index (χ1) is 14.8. The fourth-order valence-electron chi connectivity index (χ4n) is 3.14. The highest BCUT2D eigenvalue weighted by molar-refractivity contribution is 6.33. The zero-order chi connectivity index (χ0) is 22.1. The third-order valence-corrected chi connectivity index (χ3v) is 5.26. The second kappa shape index (κ2) is 8.56. The van der Waals surface area contributed by atoms with Crippen LogP contribution in [0, 0.1) is 19.7 Å². The minimum Gasteiger partial charge on any atom is -0.454 e. The highest BCUT2D eigenvalue weighted by Gasteiger charge is 2.17. The molecule has 0 fully saturated rings. The Morgan fingerprint density at radius 1 is 1.13 bits per heavy atom. The lowest BCUT2D eigenvalue weighted by Gasteiger charge is -2.06. The van der Waals surface area contributed by atoms with Gasteiger partial charge in [0.2, 0.25) is 0 Å². The van der Waals surface area contributed by atoms with Crippen LogP contribution in [0.5, 0.6) is 0 Å². The maximum atomic E-state index is 14.0. The molecule has 0 bridgehead atoms. The molecule has 0 aliphatic rings. The van der Waals surface area contributed by atoms with E-state index in [2.05, 4.69) is 15.5 Å². The number of nitrogens with one attached hydrogen (secondary N) is 1. The number of nitrogens with zero attached hydrogens (tertiary/aromatic N) is 4. The minimum atomic E-state index is -0.504. The molecule has 0 spiro atoms. The fraction of sp³-hybridized carbons (Fsp3) is 0.190. The van der Waals surface area contributed by atoms with Crippen molar-refractivity contribution < 1.29 is 13.6 Å². The van der Waals surface area contributed by atoms with E-state index in [1.165, 1.54) is 23.0 Å². The summed E-state index contributed by atoms with van der Waals surface area (Å²) < 4.78 is 22.9. The summed E-state index contributed by atoms with van der Waals surface area (Å²) in [5, 5.41) is 11.7. The van der Waals surface area contributed by atoms with Gasteiger partial charge in [0, 0.05) is 22.5 Å². The first-order valence-corrected chi connectivity index (χ1v) is 10.1. The molecule has 1 amide bonds. The highest BCUT2D eigenvalue weighted by Crippen LogP contribution is 2.24. The molecule has 7 nitrogen and oxygen atoms in total. The summed E-state index contributed by atoms with van der Waals surface area (Å²) in [4.78, 5) is 12.6. The summed E-state index contributed by atoms with van der Waals surface area (Å²) in [6, 6.07) is 9.68. The third kappa shape index (κ3) is 4.65. The maximum absolute atomic E-state index is 14.0. The van der Waals surface area contributed by atoms with E-state index in [0.717, 1.165) is 11.4 Å². The van der Waals surface area contributed by atoms with Crippen molar-refractivity contribution in [1.29, 1.82) is 0 Å². The molecule has 0 radical (unpaired) electrons. The largest absolute Gasteiger partial charge is 0.454 e. The quantitative estimate of drug-likeness (QED) is 0.433. The number of carbonyl (C=O) groups excluding carboxylic acids is 1. The number of amides is 1. The summed E-state index contributed by atoms with van der Waals surface area (Å²) in [6.45, 7) is 4.33. The molecule has 4 aromatic rings. The van der Waals surface area contributed by atoms with E-state index >= 15 is 0 Å². The number of aryl methyl sites for hydroxylation is 2. The van der Waals surface area contributed by atoms with E-state index in [-0.39, 0.29) is 33.7 Å². The van der Waals surface area contributed by atoms with Gasteiger partial charge in [0.05, 0.1) is 18.8 Å². The van der Waals surface area contributed by atoms with Gasteiger partial charge >= 0.3 is 0 Å². The number of aromatic nitrogens is 4. The maximum Gasteiger partial charge on any atom is 0.292 e. The Morgan fingerprint density at radius 3 is 2.65 bits per heavy atom. The number of hydrogen-bond donors (Lipinski definition) is 1. The van der Waals surface area contributed by atoms with E-state index in [4.69, 9.17) is 27.6 Å². The summed E-state index contributed by atoms with van der Waals surface area (Å²) in [6.07, 6.45) is 1.48. The van der Waals surface area contributed by atoms with Crippen LogP contribution in [0.4, 0.5) is 10.2 Å². The number of carbonyl (C=O) groups is 1. The van der Waals surface area contributed by atoms with Crippen molar-refractivity contribution >= 4 is 34.9 Å². The number of anilines is 1. The molecule has 3 heterocycles. The summed E-state index contributed by atoms with van der Waals surface area (Å²) in [5.41, 5.74) is 2.18. The van der Waals surface area contributed by atoms with Gasteiger partial charge in [-0.1, -0.05) is 29.3 Å². The van der Waals surface area contributed by atoms with Crippen molar-refractivity contribution in [3.05, 3.63) is 86.9 Å². The lowest BCUT2D eigenvalue weighted by atomic mass is 10.2. The van der Waals surface area contributed by atoms with Crippen LogP contribution in [0.15, 0.2) is 47.0 Å². The topological polar surface area (TPSA) is 77.9 Å². The predicted octanol–water partition coefficient (Wildman–Crippen LogP) is 5.08. The van der Waals surface area contributed by atoms with Crippen LogP contribution in [0.3, 0.4) is 0 Å². The molecule has 0 aliphatic heterocycles. The lowest BCUT2D eigenvalue weighted by molar-refractivity contribution is 0.0994. The number of benzene rings is 1. The number of rotatable bonds is 6. The van der Waals surface area contributed by atoms with E-state index in [1.54, 1.807) is 22.9 Å². The first-order valence-electron chi connectivity index (χ1n) is 9.37. The van der Waals surface area contributed by atoms with Gasteiger partial charge in [-0.05, 0) is 44.2 Å². The molecule has 4 rings (SSSR count). The van der Waals surface area contributed by atoms with Crippen molar-refractivity contribution in [2.45, 2.75) is 26.9 Å². The molecule has 160 valence electrons. The van der Waals surface area contributed by atoms with Gasteiger partial charge in [-0.2, -0.15) is 10.2 Å². The Kier molecular flexibility index (Phi) is 5.84. The van der Waals surface area contributed by atoms with Crippen LogP contribution in [0.2, 0.25) is 10.0 Å². The molecule has 31 heavy (non-hydrogen) atoms. The molecule has 1 N–H and O–H groups in total. The molecule has 0 aliphatic carbocycles. The van der Waals surface area contributed by atoms with Gasteiger partial charge in [0.25, 0.3) is 5.91 Å². The predicted molar refractivity (Wildman–Crippen MR) is 115 cm³/mol.